The largest absolute Gasteiger partial charge is 0.488 e. The van der Waals surface area contributed by atoms with Crippen LogP contribution in [0.2, 0.25) is 0 Å². The van der Waals surface area contributed by atoms with Crippen LogP contribution in [0.15, 0.2) is 29.2 Å². The maximum atomic E-state index is 12.8. The van der Waals surface area contributed by atoms with Crippen molar-refractivity contribution in [1.29, 1.82) is 0 Å². The molecule has 0 atom stereocenters. The smallest absolute Gasteiger partial charge is 0.423 e. The van der Waals surface area contributed by atoms with Gasteiger partial charge in [0, 0.05) is 17.1 Å². The van der Waals surface area contributed by atoms with Crippen molar-refractivity contribution in [2.75, 3.05) is 16.2 Å². The summed E-state index contributed by atoms with van der Waals surface area (Å²) in [4.78, 5) is 0.0260. The molecular weight excluding hydrogens is 329 g/mol. The maximum absolute atomic E-state index is 12.8. The van der Waals surface area contributed by atoms with Crippen LogP contribution < -0.4 is 21.7 Å². The summed E-state index contributed by atoms with van der Waals surface area (Å²) in [6.07, 6.45) is 0. The number of hydrogen-bond acceptors (Lipinski definition) is 6. The summed E-state index contributed by atoms with van der Waals surface area (Å²) in [5.41, 5.74) is 14.5. The van der Waals surface area contributed by atoms with Crippen molar-refractivity contribution in [1.82, 2.24) is 0 Å². The van der Waals surface area contributed by atoms with Crippen molar-refractivity contribution in [3.05, 3.63) is 41.0 Å². The molecule has 0 radical (unpaired) electrons. The number of anilines is 3. The van der Waals surface area contributed by atoms with Gasteiger partial charge in [0.15, 0.2) is 0 Å². The minimum absolute atomic E-state index is 0.0260. The maximum Gasteiger partial charge on any atom is 0.488 e. The second-order valence-electron chi connectivity index (χ2n) is 5.64. The van der Waals surface area contributed by atoms with Crippen LogP contribution in [0.1, 0.15) is 16.7 Å². The molecule has 0 saturated heterocycles. The van der Waals surface area contributed by atoms with E-state index in [1.165, 1.54) is 24.3 Å². The molecule has 0 heterocycles. The Morgan fingerprint density at radius 2 is 1.54 bits per heavy atom. The van der Waals surface area contributed by atoms with E-state index in [9.17, 15) is 18.5 Å². The molecule has 0 bridgehead atoms. The van der Waals surface area contributed by atoms with Gasteiger partial charge in [0.05, 0.1) is 4.90 Å². The molecule has 0 aromatic heterocycles. The highest BCUT2D eigenvalue weighted by atomic mass is 32.2. The summed E-state index contributed by atoms with van der Waals surface area (Å²) < 4.78 is 28.0. The van der Waals surface area contributed by atoms with Gasteiger partial charge in [0.25, 0.3) is 10.0 Å². The molecule has 128 valence electrons. The van der Waals surface area contributed by atoms with E-state index < -0.39 is 17.1 Å². The molecule has 0 amide bonds. The monoisotopic (exact) mass is 349 g/mol. The molecule has 9 heteroatoms. The SMILES string of the molecule is Cc1c(N)c(C)c(S(=O)(=O)Nc2cccc(B(O)O)c2)c(C)c1N. The van der Waals surface area contributed by atoms with Crippen molar-refractivity contribution in [3.63, 3.8) is 0 Å². The molecule has 0 aliphatic rings. The third-order valence-corrected chi connectivity index (χ3v) is 5.66. The first kappa shape index (κ1) is 18.1. The Labute approximate surface area is 141 Å². The molecular formula is C15H20BN3O4S. The van der Waals surface area contributed by atoms with Gasteiger partial charge in [-0.2, -0.15) is 0 Å². The Morgan fingerprint density at radius 1 is 1.00 bits per heavy atom. The minimum atomic E-state index is -3.95. The van der Waals surface area contributed by atoms with Crippen LogP contribution >= 0.6 is 0 Å². The topological polar surface area (TPSA) is 139 Å². The number of hydrogen-bond donors (Lipinski definition) is 5. The molecule has 0 fully saturated rings. The van der Waals surface area contributed by atoms with E-state index in [1.54, 1.807) is 20.8 Å². The molecule has 24 heavy (non-hydrogen) atoms. The van der Waals surface area contributed by atoms with Crippen molar-refractivity contribution in [2.45, 2.75) is 25.7 Å². The standard InChI is InChI=1S/C15H20BN3O4S/c1-8-13(17)9(2)15(10(3)14(8)18)24(22,23)19-12-6-4-5-11(7-12)16(20)21/h4-7,19-21H,17-18H2,1-3H3. The van der Waals surface area contributed by atoms with Crippen LogP contribution in [-0.4, -0.2) is 25.6 Å². The van der Waals surface area contributed by atoms with Crippen LogP contribution in [-0.2, 0) is 10.0 Å². The van der Waals surface area contributed by atoms with Gasteiger partial charge in [-0.1, -0.05) is 12.1 Å². The number of sulfonamides is 1. The summed E-state index contributed by atoms with van der Waals surface area (Å²) in [7, 11) is -5.64. The van der Waals surface area contributed by atoms with Crippen molar-refractivity contribution in [2.24, 2.45) is 0 Å². The van der Waals surface area contributed by atoms with E-state index in [2.05, 4.69) is 4.72 Å². The Bertz CT molecular complexity index is 869. The molecule has 2 rings (SSSR count). The first-order valence-corrected chi connectivity index (χ1v) is 8.68. The fourth-order valence-electron chi connectivity index (χ4n) is 2.61. The molecule has 0 aliphatic heterocycles. The number of nitrogen functional groups attached to an aromatic ring is 2. The van der Waals surface area contributed by atoms with E-state index >= 15 is 0 Å². The highest BCUT2D eigenvalue weighted by Crippen LogP contribution is 2.34. The lowest BCUT2D eigenvalue weighted by Gasteiger charge is -2.19. The normalized spacial score (nSPS) is 11.4. The van der Waals surface area contributed by atoms with E-state index in [4.69, 9.17) is 11.5 Å². The average Bonchev–Trinajstić information content (AvgIpc) is 2.50. The van der Waals surface area contributed by atoms with E-state index in [0.29, 0.717) is 28.1 Å². The zero-order valence-electron chi connectivity index (χ0n) is 13.7. The second kappa shape index (κ2) is 6.35. The third kappa shape index (κ3) is 3.19. The van der Waals surface area contributed by atoms with Gasteiger partial charge in [-0.25, -0.2) is 8.42 Å². The van der Waals surface area contributed by atoms with Crippen molar-refractivity contribution < 1.29 is 18.5 Å². The summed E-state index contributed by atoms with van der Waals surface area (Å²) in [6, 6.07) is 5.84. The highest BCUT2D eigenvalue weighted by molar-refractivity contribution is 7.92. The van der Waals surface area contributed by atoms with Gasteiger partial charge in [-0.05, 0) is 55.1 Å². The molecule has 7 nitrogen and oxygen atoms in total. The van der Waals surface area contributed by atoms with Gasteiger partial charge in [0.2, 0.25) is 0 Å². The summed E-state index contributed by atoms with van der Waals surface area (Å²) in [5.74, 6) is 0. The lowest BCUT2D eigenvalue weighted by Crippen LogP contribution is -2.30. The first-order valence-electron chi connectivity index (χ1n) is 7.20. The van der Waals surface area contributed by atoms with Crippen LogP contribution in [0.25, 0.3) is 0 Å². The predicted molar refractivity (Wildman–Crippen MR) is 96.6 cm³/mol. The van der Waals surface area contributed by atoms with Crippen LogP contribution in [0, 0.1) is 20.8 Å². The predicted octanol–water partition coefficient (Wildman–Crippen LogP) is 0.257. The number of benzene rings is 2. The summed E-state index contributed by atoms with van der Waals surface area (Å²) in [5, 5.41) is 18.4. The van der Waals surface area contributed by atoms with Gasteiger partial charge >= 0.3 is 7.12 Å². The number of rotatable bonds is 4. The molecule has 0 aliphatic carbocycles. The zero-order valence-corrected chi connectivity index (χ0v) is 14.5. The van der Waals surface area contributed by atoms with Crippen LogP contribution in [0.5, 0.6) is 0 Å². The molecule has 2 aromatic rings. The van der Waals surface area contributed by atoms with Crippen LogP contribution in [0.4, 0.5) is 17.1 Å². The number of nitrogens with two attached hydrogens (primary N) is 2. The molecule has 2 aromatic carbocycles. The van der Waals surface area contributed by atoms with Gasteiger partial charge in [0.1, 0.15) is 0 Å². The molecule has 0 unspecified atom stereocenters. The summed E-state index contributed by atoms with van der Waals surface area (Å²) >= 11 is 0. The zero-order chi connectivity index (χ0) is 18.2. The van der Waals surface area contributed by atoms with E-state index in [0.717, 1.165) is 0 Å². The Morgan fingerprint density at radius 3 is 2.04 bits per heavy atom. The molecule has 0 saturated carbocycles. The Kier molecular flexibility index (Phi) is 4.79. The second-order valence-corrected chi connectivity index (χ2v) is 7.26. The number of nitrogens with one attached hydrogen (secondary N) is 1. The lowest BCUT2D eigenvalue weighted by atomic mass is 9.80. The fourth-order valence-corrected chi connectivity index (χ4v) is 4.17. The van der Waals surface area contributed by atoms with Crippen molar-refractivity contribution in [3.8, 4) is 0 Å². The van der Waals surface area contributed by atoms with Crippen LogP contribution in [0.3, 0.4) is 0 Å². The molecule has 7 N–H and O–H groups in total. The van der Waals surface area contributed by atoms with E-state index in [-0.39, 0.29) is 16.0 Å². The highest BCUT2D eigenvalue weighted by Gasteiger charge is 2.25. The quantitative estimate of drug-likeness (QED) is 0.396. The van der Waals surface area contributed by atoms with Gasteiger partial charge < -0.3 is 21.5 Å². The Balaban J connectivity index is 2.55. The Hall–Kier alpha value is -2.23. The van der Waals surface area contributed by atoms with E-state index in [1.807, 2.05) is 0 Å². The third-order valence-electron chi connectivity index (χ3n) is 4.00. The first-order chi connectivity index (χ1) is 11.1. The van der Waals surface area contributed by atoms with Gasteiger partial charge in [-0.15, -0.1) is 0 Å². The lowest BCUT2D eigenvalue weighted by molar-refractivity contribution is 0.426. The fraction of sp³-hybridized carbons (Fsp3) is 0.200. The minimum Gasteiger partial charge on any atom is -0.423 e. The van der Waals surface area contributed by atoms with Gasteiger partial charge in [-0.3, -0.25) is 4.72 Å². The molecule has 0 spiro atoms. The van der Waals surface area contributed by atoms with Crippen molar-refractivity contribution >= 4 is 39.7 Å². The average molecular weight is 349 g/mol. The summed E-state index contributed by atoms with van der Waals surface area (Å²) in [6.45, 7) is 4.98.